The normalized spacial score (nSPS) is 13.7. The summed E-state index contributed by atoms with van der Waals surface area (Å²) >= 11 is 3.71. The number of nitrogens with one attached hydrogen (secondary N) is 1. The largest absolute Gasteiger partial charge is 0.313 e. The van der Waals surface area contributed by atoms with Gasteiger partial charge in [0, 0.05) is 13.1 Å². The van der Waals surface area contributed by atoms with Crippen LogP contribution in [0.15, 0.2) is 4.47 Å². The van der Waals surface area contributed by atoms with Crippen LogP contribution in [-0.2, 0) is 19.9 Å². The van der Waals surface area contributed by atoms with E-state index in [-0.39, 0.29) is 0 Å². The van der Waals surface area contributed by atoms with E-state index in [1.807, 2.05) is 4.68 Å². The molecular weight excluding hydrogens is 326 g/mol. The van der Waals surface area contributed by atoms with Crippen LogP contribution in [0.2, 0.25) is 0 Å². The van der Waals surface area contributed by atoms with E-state index in [2.05, 4.69) is 68.0 Å². The minimum absolute atomic E-state index is 0.313. The Morgan fingerprint density at radius 3 is 2.43 bits per heavy atom. The summed E-state index contributed by atoms with van der Waals surface area (Å²) in [5.74, 6) is 0. The van der Waals surface area contributed by atoms with Crippen LogP contribution in [0.25, 0.3) is 0 Å². The smallest absolute Gasteiger partial charge is 0.0766 e. The number of aryl methyl sites for hydroxylation is 2. The van der Waals surface area contributed by atoms with Crippen molar-refractivity contribution in [1.29, 1.82) is 0 Å². The maximum Gasteiger partial charge on any atom is 0.0766 e. The van der Waals surface area contributed by atoms with Gasteiger partial charge in [-0.05, 0) is 60.0 Å². The molecule has 0 bridgehead atoms. The fourth-order valence-corrected chi connectivity index (χ4v) is 3.54. The van der Waals surface area contributed by atoms with E-state index < -0.39 is 0 Å². The molecule has 3 nitrogen and oxygen atoms in total. The summed E-state index contributed by atoms with van der Waals surface area (Å²) in [6.45, 7) is 12.5. The highest BCUT2D eigenvalue weighted by atomic mass is 79.9. The molecule has 0 spiro atoms. The Bertz CT molecular complexity index is 432. The Kier molecular flexibility index (Phi) is 7.41. The zero-order valence-electron chi connectivity index (χ0n) is 14.6. The number of hydrogen-bond donors (Lipinski definition) is 1. The number of hydrogen-bond acceptors (Lipinski definition) is 2. The van der Waals surface area contributed by atoms with Crippen molar-refractivity contribution in [1.82, 2.24) is 15.1 Å². The lowest BCUT2D eigenvalue weighted by Crippen LogP contribution is -2.40. The third kappa shape index (κ3) is 5.41. The fourth-order valence-electron chi connectivity index (χ4n) is 2.72. The van der Waals surface area contributed by atoms with Gasteiger partial charge in [0.05, 0.1) is 15.9 Å². The van der Waals surface area contributed by atoms with Crippen LogP contribution in [-0.4, -0.2) is 22.4 Å². The maximum atomic E-state index is 4.58. The van der Waals surface area contributed by atoms with E-state index in [1.54, 1.807) is 0 Å². The molecule has 0 fully saturated rings. The summed E-state index contributed by atoms with van der Waals surface area (Å²) in [7, 11) is 2.05. The second-order valence-electron chi connectivity index (χ2n) is 6.95. The summed E-state index contributed by atoms with van der Waals surface area (Å²) in [5, 5.41) is 8.29. The SMILES string of the molecule is CCCNC(CCCc1c(Br)c(CC)nn1C)C(C)(C)C. The van der Waals surface area contributed by atoms with Gasteiger partial charge in [0.15, 0.2) is 0 Å². The van der Waals surface area contributed by atoms with Crippen molar-refractivity contribution in [3.8, 4) is 0 Å². The van der Waals surface area contributed by atoms with Crippen molar-refractivity contribution in [3.63, 3.8) is 0 Å². The minimum atomic E-state index is 0.313. The number of rotatable bonds is 8. The Morgan fingerprint density at radius 1 is 1.29 bits per heavy atom. The van der Waals surface area contributed by atoms with Crippen molar-refractivity contribution < 1.29 is 0 Å². The zero-order valence-corrected chi connectivity index (χ0v) is 16.2. The first kappa shape index (κ1) is 18.7. The van der Waals surface area contributed by atoms with Crippen molar-refractivity contribution in [2.75, 3.05) is 6.54 Å². The maximum absolute atomic E-state index is 4.58. The molecule has 4 heteroatoms. The molecule has 0 saturated carbocycles. The van der Waals surface area contributed by atoms with Gasteiger partial charge in [-0.1, -0.05) is 34.6 Å². The fraction of sp³-hybridized carbons (Fsp3) is 0.824. The first-order valence-electron chi connectivity index (χ1n) is 8.24. The average Bonchev–Trinajstić information content (AvgIpc) is 2.67. The van der Waals surface area contributed by atoms with E-state index in [0.717, 1.165) is 19.4 Å². The molecule has 1 N–H and O–H groups in total. The highest BCUT2D eigenvalue weighted by Gasteiger charge is 2.23. The van der Waals surface area contributed by atoms with Gasteiger partial charge in [0.25, 0.3) is 0 Å². The lowest BCUT2D eigenvalue weighted by atomic mass is 9.83. The molecule has 1 atom stereocenters. The molecular formula is C17H32BrN3. The van der Waals surface area contributed by atoms with Crippen molar-refractivity contribution in [2.45, 2.75) is 72.8 Å². The molecule has 0 aliphatic heterocycles. The predicted octanol–water partition coefficient (Wildman–Crippen LogP) is 4.48. The van der Waals surface area contributed by atoms with Gasteiger partial charge < -0.3 is 5.32 Å². The Hall–Kier alpha value is -0.350. The van der Waals surface area contributed by atoms with Gasteiger partial charge in [-0.15, -0.1) is 0 Å². The van der Waals surface area contributed by atoms with E-state index in [0.29, 0.717) is 11.5 Å². The van der Waals surface area contributed by atoms with Crippen LogP contribution >= 0.6 is 15.9 Å². The van der Waals surface area contributed by atoms with Crippen molar-refractivity contribution in [3.05, 3.63) is 15.9 Å². The monoisotopic (exact) mass is 357 g/mol. The van der Waals surface area contributed by atoms with Gasteiger partial charge in [0.2, 0.25) is 0 Å². The molecule has 1 heterocycles. The lowest BCUT2D eigenvalue weighted by molar-refractivity contribution is 0.251. The van der Waals surface area contributed by atoms with Crippen LogP contribution < -0.4 is 5.32 Å². The Morgan fingerprint density at radius 2 is 1.95 bits per heavy atom. The second kappa shape index (κ2) is 8.33. The Balaban J connectivity index is 2.60. The first-order valence-corrected chi connectivity index (χ1v) is 9.04. The summed E-state index contributed by atoms with van der Waals surface area (Å²) < 4.78 is 3.25. The lowest BCUT2D eigenvalue weighted by Gasteiger charge is -2.32. The molecule has 21 heavy (non-hydrogen) atoms. The summed E-state index contributed by atoms with van der Waals surface area (Å²) in [5.41, 5.74) is 2.81. The van der Waals surface area contributed by atoms with E-state index >= 15 is 0 Å². The van der Waals surface area contributed by atoms with Gasteiger partial charge in [-0.3, -0.25) is 4.68 Å². The van der Waals surface area contributed by atoms with Crippen LogP contribution in [0.1, 0.15) is 65.3 Å². The van der Waals surface area contributed by atoms with Crippen LogP contribution in [0.5, 0.6) is 0 Å². The molecule has 1 unspecified atom stereocenters. The highest BCUT2D eigenvalue weighted by molar-refractivity contribution is 9.10. The van der Waals surface area contributed by atoms with Gasteiger partial charge in [0.1, 0.15) is 0 Å². The number of halogens is 1. The number of nitrogens with zero attached hydrogens (tertiary/aromatic N) is 2. The molecule has 0 aliphatic rings. The van der Waals surface area contributed by atoms with E-state index in [4.69, 9.17) is 0 Å². The van der Waals surface area contributed by atoms with Crippen LogP contribution in [0, 0.1) is 5.41 Å². The predicted molar refractivity (Wildman–Crippen MR) is 94.8 cm³/mol. The topological polar surface area (TPSA) is 29.9 Å². The van der Waals surface area contributed by atoms with Crippen LogP contribution in [0.4, 0.5) is 0 Å². The van der Waals surface area contributed by atoms with Crippen LogP contribution in [0.3, 0.4) is 0 Å². The molecule has 1 aromatic heterocycles. The molecule has 0 aliphatic carbocycles. The highest BCUT2D eigenvalue weighted by Crippen LogP contribution is 2.26. The van der Waals surface area contributed by atoms with Gasteiger partial charge in [-0.25, -0.2) is 0 Å². The molecule has 0 amide bonds. The Labute approximate surface area is 139 Å². The van der Waals surface area contributed by atoms with Gasteiger partial charge >= 0.3 is 0 Å². The molecule has 1 aromatic rings. The molecule has 0 saturated heterocycles. The molecule has 0 aromatic carbocycles. The zero-order chi connectivity index (χ0) is 16.0. The summed E-state index contributed by atoms with van der Waals surface area (Å²) in [4.78, 5) is 0. The third-order valence-corrected chi connectivity index (χ3v) is 5.01. The molecule has 0 radical (unpaired) electrons. The first-order chi connectivity index (χ1) is 9.81. The minimum Gasteiger partial charge on any atom is -0.313 e. The average molecular weight is 358 g/mol. The third-order valence-electron chi connectivity index (χ3n) is 4.10. The van der Waals surface area contributed by atoms with E-state index in [9.17, 15) is 0 Å². The molecule has 1 rings (SSSR count). The number of aromatic nitrogens is 2. The standard InChI is InChI=1S/C17H32BrN3/c1-7-12-19-15(17(3,4)5)11-9-10-14-16(18)13(8-2)20-21(14)6/h15,19H,7-12H2,1-6H3. The summed E-state index contributed by atoms with van der Waals surface area (Å²) in [6, 6.07) is 0.579. The quantitative estimate of drug-likeness (QED) is 0.742. The summed E-state index contributed by atoms with van der Waals surface area (Å²) in [6.07, 6.45) is 5.67. The molecule has 122 valence electrons. The van der Waals surface area contributed by atoms with Gasteiger partial charge in [-0.2, -0.15) is 5.10 Å². The van der Waals surface area contributed by atoms with E-state index in [1.165, 1.54) is 35.1 Å². The van der Waals surface area contributed by atoms with Crippen molar-refractivity contribution >= 4 is 15.9 Å². The second-order valence-corrected chi connectivity index (χ2v) is 7.74. The van der Waals surface area contributed by atoms with Crippen molar-refractivity contribution in [2.24, 2.45) is 12.5 Å².